The number of carbonyl (C=O) groups excluding carboxylic acids is 1. The normalized spacial score (nSPS) is 17.8. The van der Waals surface area contributed by atoms with Crippen LogP contribution in [0.15, 0.2) is 46.6 Å². The Bertz CT molecular complexity index is 622. The van der Waals surface area contributed by atoms with Crippen LogP contribution in [-0.4, -0.2) is 29.5 Å². The van der Waals surface area contributed by atoms with Crippen LogP contribution in [0, 0.1) is 10.1 Å². The van der Waals surface area contributed by atoms with E-state index in [4.69, 9.17) is 4.74 Å². The summed E-state index contributed by atoms with van der Waals surface area (Å²) >= 11 is 0. The average Bonchev–Trinajstić information content (AvgIpc) is 2.47. The van der Waals surface area contributed by atoms with Crippen LogP contribution in [0.1, 0.15) is 19.4 Å². The molecule has 0 aromatic heterocycles. The van der Waals surface area contributed by atoms with Gasteiger partial charge in [0.25, 0.3) is 0 Å². The van der Waals surface area contributed by atoms with Crippen molar-refractivity contribution in [2.45, 2.75) is 20.0 Å². The molecule has 1 aliphatic rings. The van der Waals surface area contributed by atoms with E-state index < -0.39 is 17.1 Å². The van der Waals surface area contributed by atoms with Crippen LogP contribution in [0.25, 0.3) is 0 Å². The van der Waals surface area contributed by atoms with Crippen molar-refractivity contribution in [3.8, 4) is 0 Å². The summed E-state index contributed by atoms with van der Waals surface area (Å²) in [5.41, 5.74) is 1.03. The second kappa shape index (κ2) is 6.17. The number of allylic oxidation sites excluding steroid dienone is 1. The molecule has 0 spiro atoms. The van der Waals surface area contributed by atoms with Crippen molar-refractivity contribution in [1.82, 2.24) is 5.32 Å². The van der Waals surface area contributed by atoms with Gasteiger partial charge < -0.3 is 10.1 Å². The fourth-order valence-corrected chi connectivity index (χ4v) is 2.02. The highest BCUT2D eigenvalue weighted by Gasteiger charge is 2.37. The van der Waals surface area contributed by atoms with Gasteiger partial charge in [-0.2, -0.15) is 4.99 Å². The number of carbonyl (C=O) groups is 1. The molecule has 1 aromatic rings. The smallest absolute Gasteiger partial charge is 0.345 e. The fraction of sp³-hybridized carbons (Fsp3) is 0.286. The van der Waals surface area contributed by atoms with Gasteiger partial charge in [0.2, 0.25) is 0 Å². The lowest BCUT2D eigenvalue weighted by molar-refractivity contribution is -0.509. The molecule has 0 saturated carbocycles. The number of nitrogens with zero attached hydrogens (tertiary/aromatic N) is 2. The minimum absolute atomic E-state index is 0.0680. The molecule has 21 heavy (non-hydrogen) atoms. The fourth-order valence-electron chi connectivity index (χ4n) is 2.02. The Kier molecular flexibility index (Phi) is 4.32. The van der Waals surface area contributed by atoms with Crippen LogP contribution >= 0.6 is 0 Å². The standard InChI is InChI=1S/C14H15N3O4/c1-3-21-14(18)11-9(2)15-12(16-13(11)17(19)20)10-7-5-4-6-8-10/h4-8,13H,3H2,1-2H3,(H,15,16). The third kappa shape index (κ3) is 3.07. The maximum absolute atomic E-state index is 11.9. The van der Waals surface area contributed by atoms with E-state index in [0.29, 0.717) is 17.1 Å². The van der Waals surface area contributed by atoms with Gasteiger partial charge in [-0.1, -0.05) is 30.3 Å². The zero-order valence-electron chi connectivity index (χ0n) is 11.7. The quantitative estimate of drug-likeness (QED) is 0.514. The van der Waals surface area contributed by atoms with Crippen LogP contribution < -0.4 is 5.32 Å². The van der Waals surface area contributed by atoms with E-state index in [1.807, 2.05) is 6.07 Å². The Morgan fingerprint density at radius 3 is 2.67 bits per heavy atom. The highest BCUT2D eigenvalue weighted by Crippen LogP contribution is 2.20. The summed E-state index contributed by atoms with van der Waals surface area (Å²) in [6, 6.07) is 9.02. The van der Waals surface area contributed by atoms with E-state index in [1.54, 1.807) is 38.1 Å². The SMILES string of the molecule is CCOC(=O)C1=C(C)NC(c2ccccc2)=NC1[N+](=O)[O-]. The maximum atomic E-state index is 11.9. The number of hydrogen-bond donors (Lipinski definition) is 1. The molecule has 1 aromatic carbocycles. The van der Waals surface area contributed by atoms with Crippen molar-refractivity contribution in [1.29, 1.82) is 0 Å². The molecule has 7 heteroatoms. The largest absolute Gasteiger partial charge is 0.462 e. The summed E-state index contributed by atoms with van der Waals surface area (Å²) in [5.74, 6) is -0.358. The molecule has 0 aliphatic carbocycles. The number of esters is 1. The number of nitro groups is 1. The topological polar surface area (TPSA) is 93.8 Å². The van der Waals surface area contributed by atoms with E-state index in [1.165, 1.54) is 0 Å². The first-order valence-electron chi connectivity index (χ1n) is 6.46. The second-order valence-corrected chi connectivity index (χ2v) is 4.39. The maximum Gasteiger partial charge on any atom is 0.345 e. The molecule has 0 bridgehead atoms. The number of nitrogens with one attached hydrogen (secondary N) is 1. The van der Waals surface area contributed by atoms with Crippen molar-refractivity contribution in [3.05, 3.63) is 57.3 Å². The summed E-state index contributed by atoms with van der Waals surface area (Å²) < 4.78 is 4.86. The molecule has 7 nitrogen and oxygen atoms in total. The van der Waals surface area contributed by atoms with Crippen LogP contribution in [0.5, 0.6) is 0 Å². The summed E-state index contributed by atoms with van der Waals surface area (Å²) in [7, 11) is 0. The lowest BCUT2D eigenvalue weighted by Gasteiger charge is -2.21. The second-order valence-electron chi connectivity index (χ2n) is 4.39. The Balaban J connectivity index is 2.39. The zero-order chi connectivity index (χ0) is 15.4. The van der Waals surface area contributed by atoms with Crippen molar-refractivity contribution < 1.29 is 14.5 Å². The molecule has 1 atom stereocenters. The lowest BCUT2D eigenvalue weighted by atomic mass is 10.1. The first-order chi connectivity index (χ1) is 10.0. The highest BCUT2D eigenvalue weighted by molar-refractivity contribution is 6.03. The van der Waals surface area contributed by atoms with Gasteiger partial charge in [0, 0.05) is 11.3 Å². The summed E-state index contributed by atoms with van der Waals surface area (Å²) in [6.07, 6.45) is -1.46. The Hall–Kier alpha value is -2.70. The highest BCUT2D eigenvalue weighted by atomic mass is 16.6. The molecule has 0 saturated heterocycles. The monoisotopic (exact) mass is 289 g/mol. The molecule has 110 valence electrons. The number of aliphatic imine (C=N–C) groups is 1. The first kappa shape index (κ1) is 14.7. The van der Waals surface area contributed by atoms with Crippen molar-refractivity contribution in [3.63, 3.8) is 0 Å². The van der Waals surface area contributed by atoms with Crippen molar-refractivity contribution in [2.24, 2.45) is 4.99 Å². The number of benzene rings is 1. The predicted octanol–water partition coefficient (Wildman–Crippen LogP) is 1.48. The molecular formula is C14H15N3O4. The third-order valence-corrected chi connectivity index (χ3v) is 2.96. The minimum atomic E-state index is -1.46. The first-order valence-corrected chi connectivity index (χ1v) is 6.46. The number of ether oxygens (including phenoxy) is 1. The molecule has 0 radical (unpaired) electrons. The van der Waals surface area contributed by atoms with E-state index in [0.717, 1.165) is 0 Å². The number of rotatable bonds is 4. The third-order valence-electron chi connectivity index (χ3n) is 2.96. The molecule has 0 amide bonds. The zero-order valence-corrected chi connectivity index (χ0v) is 11.7. The molecule has 1 aliphatic heterocycles. The molecule has 0 fully saturated rings. The van der Waals surface area contributed by atoms with Gasteiger partial charge in [0.05, 0.1) is 11.5 Å². The van der Waals surface area contributed by atoms with Crippen molar-refractivity contribution >= 4 is 11.8 Å². The summed E-state index contributed by atoms with van der Waals surface area (Å²) in [5, 5.41) is 14.2. The molecule has 1 heterocycles. The van der Waals surface area contributed by atoms with Gasteiger partial charge in [-0.05, 0) is 13.8 Å². The summed E-state index contributed by atoms with van der Waals surface area (Å²) in [4.78, 5) is 26.5. The van der Waals surface area contributed by atoms with Gasteiger partial charge >= 0.3 is 12.1 Å². The minimum Gasteiger partial charge on any atom is -0.462 e. The van der Waals surface area contributed by atoms with Crippen molar-refractivity contribution in [2.75, 3.05) is 6.61 Å². The number of amidine groups is 1. The van der Waals surface area contributed by atoms with Gasteiger partial charge in [-0.3, -0.25) is 10.1 Å². The average molecular weight is 289 g/mol. The number of hydrogen-bond acceptors (Lipinski definition) is 6. The van der Waals surface area contributed by atoms with Gasteiger partial charge in [-0.15, -0.1) is 0 Å². The Morgan fingerprint density at radius 2 is 2.10 bits per heavy atom. The molecular weight excluding hydrogens is 274 g/mol. The Labute approximate surface area is 121 Å². The van der Waals surface area contributed by atoms with Gasteiger partial charge in [0.1, 0.15) is 5.84 Å². The van der Waals surface area contributed by atoms with Crippen LogP contribution in [0.3, 0.4) is 0 Å². The summed E-state index contributed by atoms with van der Waals surface area (Å²) in [6.45, 7) is 3.39. The molecule has 1 N–H and O–H groups in total. The predicted molar refractivity (Wildman–Crippen MR) is 76.2 cm³/mol. The van der Waals surface area contributed by atoms with E-state index in [-0.39, 0.29) is 12.2 Å². The van der Waals surface area contributed by atoms with Crippen LogP contribution in [0.2, 0.25) is 0 Å². The van der Waals surface area contributed by atoms with E-state index in [9.17, 15) is 14.9 Å². The van der Waals surface area contributed by atoms with Crippen LogP contribution in [0.4, 0.5) is 0 Å². The van der Waals surface area contributed by atoms with Gasteiger partial charge in [0.15, 0.2) is 5.57 Å². The van der Waals surface area contributed by atoms with Crippen LogP contribution in [-0.2, 0) is 9.53 Å². The molecule has 1 unspecified atom stereocenters. The molecule has 2 rings (SSSR count). The lowest BCUT2D eigenvalue weighted by Crippen LogP contribution is -2.39. The Morgan fingerprint density at radius 1 is 1.43 bits per heavy atom. The van der Waals surface area contributed by atoms with E-state index in [2.05, 4.69) is 10.3 Å². The van der Waals surface area contributed by atoms with Gasteiger partial charge in [-0.25, -0.2) is 4.79 Å². The van der Waals surface area contributed by atoms with E-state index >= 15 is 0 Å².